The standard InChI is InChI=1S/C24H27ClN2O3/c1-14(2)13-26-17(5)22(24(29)30-6)19(23(26)28)12-18-11-15(3)27(16(18)4)21-10-8-7-9-20(21)25/h7-12,14H,13H2,1-6H3. The molecule has 0 radical (unpaired) electrons. The number of aryl methyl sites for hydroxylation is 1. The Morgan fingerprint density at radius 3 is 2.47 bits per heavy atom. The van der Waals surface area contributed by atoms with Gasteiger partial charge in [0.1, 0.15) is 0 Å². The number of carbonyl (C=O) groups excluding carboxylic acids is 2. The van der Waals surface area contributed by atoms with Crippen molar-refractivity contribution in [1.29, 1.82) is 0 Å². The molecule has 2 aromatic rings. The van der Waals surface area contributed by atoms with Gasteiger partial charge in [-0.2, -0.15) is 0 Å². The quantitative estimate of drug-likeness (QED) is 0.495. The zero-order chi connectivity index (χ0) is 22.2. The van der Waals surface area contributed by atoms with Gasteiger partial charge in [-0.1, -0.05) is 37.6 Å². The van der Waals surface area contributed by atoms with Crippen LogP contribution in [0.3, 0.4) is 0 Å². The number of aromatic nitrogens is 1. The van der Waals surface area contributed by atoms with Gasteiger partial charge >= 0.3 is 5.97 Å². The molecule has 0 bridgehead atoms. The second kappa shape index (κ2) is 8.52. The minimum Gasteiger partial charge on any atom is -0.465 e. The van der Waals surface area contributed by atoms with Crippen LogP contribution >= 0.6 is 11.6 Å². The molecule has 0 N–H and O–H groups in total. The zero-order valence-corrected chi connectivity index (χ0v) is 19.0. The summed E-state index contributed by atoms with van der Waals surface area (Å²) in [4.78, 5) is 27.4. The summed E-state index contributed by atoms with van der Waals surface area (Å²) in [7, 11) is 1.33. The highest BCUT2D eigenvalue weighted by atomic mass is 35.5. The largest absolute Gasteiger partial charge is 0.465 e. The first-order chi connectivity index (χ1) is 14.2. The Hall–Kier alpha value is -2.79. The maximum Gasteiger partial charge on any atom is 0.340 e. The van der Waals surface area contributed by atoms with Crippen LogP contribution in [-0.2, 0) is 14.3 Å². The van der Waals surface area contributed by atoms with Crippen molar-refractivity contribution in [2.24, 2.45) is 5.92 Å². The van der Waals surface area contributed by atoms with E-state index in [1.54, 1.807) is 17.9 Å². The number of para-hydroxylation sites is 1. The molecule has 1 aromatic heterocycles. The topological polar surface area (TPSA) is 51.5 Å². The van der Waals surface area contributed by atoms with E-state index in [1.165, 1.54) is 7.11 Å². The van der Waals surface area contributed by atoms with Crippen LogP contribution < -0.4 is 0 Å². The Balaban J connectivity index is 2.14. The highest BCUT2D eigenvalue weighted by molar-refractivity contribution is 6.32. The van der Waals surface area contributed by atoms with Gasteiger partial charge in [0.15, 0.2) is 0 Å². The van der Waals surface area contributed by atoms with Gasteiger partial charge < -0.3 is 14.2 Å². The summed E-state index contributed by atoms with van der Waals surface area (Å²) in [5.41, 5.74) is 4.97. The van der Waals surface area contributed by atoms with Crippen molar-refractivity contribution in [2.75, 3.05) is 13.7 Å². The van der Waals surface area contributed by atoms with Crippen molar-refractivity contribution in [3.63, 3.8) is 0 Å². The smallest absolute Gasteiger partial charge is 0.340 e. The molecule has 1 aliphatic rings. The van der Waals surface area contributed by atoms with Gasteiger partial charge in [-0.25, -0.2) is 4.79 Å². The van der Waals surface area contributed by atoms with Crippen molar-refractivity contribution in [2.45, 2.75) is 34.6 Å². The van der Waals surface area contributed by atoms with Crippen LogP contribution in [0.2, 0.25) is 5.02 Å². The molecule has 6 heteroatoms. The molecule has 0 fully saturated rings. The lowest BCUT2D eigenvalue weighted by atomic mass is 10.0. The average Bonchev–Trinajstić information content (AvgIpc) is 3.09. The summed E-state index contributed by atoms with van der Waals surface area (Å²) in [6, 6.07) is 9.62. The van der Waals surface area contributed by atoms with Gasteiger partial charge in [-0.3, -0.25) is 4.79 Å². The molecule has 0 unspecified atom stereocenters. The fraction of sp³-hybridized carbons (Fsp3) is 0.333. The second-order valence-electron chi connectivity index (χ2n) is 7.93. The first-order valence-electron chi connectivity index (χ1n) is 9.94. The third-order valence-electron chi connectivity index (χ3n) is 5.31. The number of nitrogens with zero attached hydrogens (tertiary/aromatic N) is 2. The number of allylic oxidation sites excluding steroid dienone is 1. The van der Waals surface area contributed by atoms with Crippen molar-refractivity contribution >= 4 is 29.6 Å². The molecule has 0 spiro atoms. The minimum atomic E-state index is -0.502. The molecule has 0 saturated heterocycles. The maximum atomic E-state index is 13.2. The first-order valence-corrected chi connectivity index (χ1v) is 10.3. The number of methoxy groups -OCH3 is 1. The van der Waals surface area contributed by atoms with E-state index < -0.39 is 5.97 Å². The molecule has 2 heterocycles. The normalized spacial score (nSPS) is 15.7. The van der Waals surface area contributed by atoms with Crippen LogP contribution in [0.4, 0.5) is 0 Å². The summed E-state index contributed by atoms with van der Waals surface area (Å²) in [6.45, 7) is 10.4. The zero-order valence-electron chi connectivity index (χ0n) is 18.2. The van der Waals surface area contributed by atoms with Gasteiger partial charge in [0, 0.05) is 23.6 Å². The third-order valence-corrected chi connectivity index (χ3v) is 5.63. The number of benzene rings is 1. The lowest BCUT2D eigenvalue weighted by Gasteiger charge is -2.19. The highest BCUT2D eigenvalue weighted by Crippen LogP contribution is 2.34. The molecular formula is C24H27ClN2O3. The van der Waals surface area contributed by atoms with Crippen LogP contribution in [0.1, 0.15) is 37.7 Å². The average molecular weight is 427 g/mol. The van der Waals surface area contributed by atoms with E-state index in [4.69, 9.17) is 16.3 Å². The summed E-state index contributed by atoms with van der Waals surface area (Å²) >= 11 is 6.41. The molecule has 0 atom stereocenters. The predicted molar refractivity (Wildman–Crippen MR) is 119 cm³/mol. The summed E-state index contributed by atoms with van der Waals surface area (Å²) in [5.74, 6) is -0.408. The van der Waals surface area contributed by atoms with Crippen molar-refractivity contribution in [1.82, 2.24) is 9.47 Å². The Morgan fingerprint density at radius 2 is 1.87 bits per heavy atom. The Labute approximate surface area is 182 Å². The predicted octanol–water partition coefficient (Wildman–Crippen LogP) is 5.08. The van der Waals surface area contributed by atoms with Crippen LogP contribution in [0, 0.1) is 19.8 Å². The molecule has 30 heavy (non-hydrogen) atoms. The number of amides is 1. The fourth-order valence-electron chi connectivity index (χ4n) is 3.91. The number of rotatable bonds is 5. The lowest BCUT2D eigenvalue weighted by Crippen LogP contribution is -2.28. The molecule has 1 aromatic carbocycles. The van der Waals surface area contributed by atoms with Crippen LogP contribution in [0.15, 0.2) is 47.2 Å². The number of hydrogen-bond donors (Lipinski definition) is 0. The van der Waals surface area contributed by atoms with Gasteiger partial charge in [-0.05, 0) is 56.5 Å². The number of ether oxygens (including phenoxy) is 1. The molecule has 0 saturated carbocycles. The van der Waals surface area contributed by atoms with Crippen LogP contribution in [-0.4, -0.2) is 35.0 Å². The Morgan fingerprint density at radius 1 is 1.20 bits per heavy atom. The van der Waals surface area contributed by atoms with E-state index in [9.17, 15) is 9.59 Å². The monoisotopic (exact) mass is 426 g/mol. The summed E-state index contributed by atoms with van der Waals surface area (Å²) in [5, 5.41) is 0.643. The number of halogens is 1. The van der Waals surface area contributed by atoms with Gasteiger partial charge in [0.2, 0.25) is 0 Å². The van der Waals surface area contributed by atoms with Gasteiger partial charge in [0.25, 0.3) is 5.91 Å². The molecule has 158 valence electrons. The second-order valence-corrected chi connectivity index (χ2v) is 8.34. The van der Waals surface area contributed by atoms with E-state index in [1.807, 2.05) is 58.0 Å². The number of carbonyl (C=O) groups is 2. The van der Waals surface area contributed by atoms with Gasteiger partial charge in [-0.15, -0.1) is 0 Å². The fourth-order valence-corrected chi connectivity index (χ4v) is 4.13. The lowest BCUT2D eigenvalue weighted by molar-refractivity contribution is -0.136. The minimum absolute atomic E-state index is 0.177. The molecule has 3 rings (SSSR count). The van der Waals surface area contributed by atoms with Crippen molar-refractivity contribution in [3.05, 3.63) is 69.1 Å². The maximum absolute atomic E-state index is 13.2. The van der Waals surface area contributed by atoms with E-state index in [2.05, 4.69) is 4.57 Å². The SMILES string of the molecule is COC(=O)C1=C(C)N(CC(C)C)C(=O)C1=Cc1cc(C)n(-c2ccccc2Cl)c1C. The highest BCUT2D eigenvalue weighted by Gasteiger charge is 2.37. The van der Waals surface area contributed by atoms with E-state index >= 15 is 0 Å². The van der Waals surface area contributed by atoms with E-state index in [-0.39, 0.29) is 11.8 Å². The van der Waals surface area contributed by atoms with Crippen LogP contribution in [0.25, 0.3) is 11.8 Å². The number of hydrogen-bond acceptors (Lipinski definition) is 3. The van der Waals surface area contributed by atoms with Crippen molar-refractivity contribution < 1.29 is 14.3 Å². The molecule has 0 aliphatic carbocycles. The van der Waals surface area contributed by atoms with Gasteiger partial charge in [0.05, 0.1) is 29.0 Å². The number of esters is 1. The first kappa shape index (κ1) is 21.9. The molecule has 1 amide bonds. The third kappa shape index (κ3) is 3.82. The Bertz CT molecular complexity index is 1080. The Kier molecular flexibility index (Phi) is 6.22. The van der Waals surface area contributed by atoms with E-state index in [0.717, 1.165) is 22.6 Å². The van der Waals surface area contributed by atoms with Crippen LogP contribution in [0.5, 0.6) is 0 Å². The van der Waals surface area contributed by atoms with Crippen molar-refractivity contribution in [3.8, 4) is 5.69 Å². The summed E-state index contributed by atoms with van der Waals surface area (Å²) < 4.78 is 7.03. The molecule has 1 aliphatic heterocycles. The molecule has 5 nitrogen and oxygen atoms in total. The molecular weight excluding hydrogens is 400 g/mol. The van der Waals surface area contributed by atoms with E-state index in [0.29, 0.717) is 28.4 Å². The summed E-state index contributed by atoms with van der Waals surface area (Å²) in [6.07, 6.45) is 1.79.